The summed E-state index contributed by atoms with van der Waals surface area (Å²) in [6, 6.07) is 12.3. The number of likely N-dealkylation sites (N-methyl/N-ethyl adjacent to an activating group) is 1. The normalized spacial score (nSPS) is 12.1. The largest absolute Gasteiger partial charge is 0.355 e. The van der Waals surface area contributed by atoms with Crippen LogP contribution in [0.3, 0.4) is 0 Å². The number of benzene rings is 2. The summed E-state index contributed by atoms with van der Waals surface area (Å²) in [4.78, 5) is 27.5. The van der Waals surface area contributed by atoms with Crippen LogP contribution in [0.5, 0.6) is 0 Å². The van der Waals surface area contributed by atoms with Crippen LogP contribution in [0.2, 0.25) is 0 Å². The maximum Gasteiger partial charge on any atom is 0.242 e. The minimum Gasteiger partial charge on any atom is -0.355 e. The van der Waals surface area contributed by atoms with E-state index in [1.165, 1.54) is 24.3 Å². The van der Waals surface area contributed by atoms with Gasteiger partial charge in [-0.2, -0.15) is 0 Å². The molecule has 0 fully saturated rings. The highest BCUT2D eigenvalue weighted by molar-refractivity contribution is 7.92. The number of nitrogens with one attached hydrogen (secondary N) is 1. The highest BCUT2D eigenvalue weighted by atomic mass is 32.2. The van der Waals surface area contributed by atoms with Crippen molar-refractivity contribution in [3.05, 3.63) is 65.5 Å². The van der Waals surface area contributed by atoms with Crippen LogP contribution >= 0.6 is 0 Å². The molecule has 2 aromatic rings. The van der Waals surface area contributed by atoms with Crippen molar-refractivity contribution in [2.45, 2.75) is 52.6 Å². The summed E-state index contributed by atoms with van der Waals surface area (Å²) in [5, 5.41) is 2.80. The molecule has 0 saturated carbocycles. The van der Waals surface area contributed by atoms with Crippen molar-refractivity contribution in [2.75, 3.05) is 23.7 Å². The van der Waals surface area contributed by atoms with Gasteiger partial charge >= 0.3 is 0 Å². The summed E-state index contributed by atoms with van der Waals surface area (Å²) in [5.41, 5.74) is 2.31. The van der Waals surface area contributed by atoms with Gasteiger partial charge in [-0.1, -0.05) is 36.8 Å². The van der Waals surface area contributed by atoms with E-state index in [1.807, 2.05) is 45.0 Å². The summed E-state index contributed by atoms with van der Waals surface area (Å²) in [5.74, 6) is -0.905. The van der Waals surface area contributed by atoms with Gasteiger partial charge in [-0.05, 0) is 56.5 Å². The van der Waals surface area contributed by atoms with E-state index in [1.54, 1.807) is 4.90 Å². The number of hydrogen-bond acceptors (Lipinski definition) is 4. The molecule has 2 amide bonds. The molecule has 2 aromatic carbocycles. The summed E-state index contributed by atoms with van der Waals surface area (Å²) in [6.07, 6.45) is 1.84. The Labute approximate surface area is 202 Å². The van der Waals surface area contributed by atoms with E-state index in [-0.39, 0.29) is 37.7 Å². The van der Waals surface area contributed by atoms with Crippen LogP contribution < -0.4 is 9.62 Å². The summed E-state index contributed by atoms with van der Waals surface area (Å²) in [6.45, 7) is 6.45. The molecular formula is C25H34FN3O4S. The summed E-state index contributed by atoms with van der Waals surface area (Å²) in [7, 11) is -3.62. The Bertz CT molecular complexity index is 1070. The Morgan fingerprint density at radius 3 is 2.32 bits per heavy atom. The van der Waals surface area contributed by atoms with Crippen LogP contribution in [0.1, 0.15) is 44.2 Å². The zero-order valence-corrected chi connectivity index (χ0v) is 21.1. The number of hydrogen-bond donors (Lipinski definition) is 1. The van der Waals surface area contributed by atoms with Gasteiger partial charge in [-0.15, -0.1) is 0 Å². The molecular weight excluding hydrogens is 457 g/mol. The number of sulfonamides is 1. The standard InChI is InChI=1S/C25H34FN3O4S/c1-5-23(25(31)27-6-2)28(18-20-10-7-9-19(3)17-20)24(30)11-8-16-29(34(4,32)33)22-14-12-21(26)13-15-22/h7,9-10,12-15,17,23H,5-6,8,11,16,18H2,1-4H3,(H,27,31)/t23-/m1/s1. The topological polar surface area (TPSA) is 86.8 Å². The van der Waals surface area contributed by atoms with Gasteiger partial charge in [0.1, 0.15) is 11.9 Å². The fraction of sp³-hybridized carbons (Fsp3) is 0.440. The number of anilines is 1. The fourth-order valence-electron chi connectivity index (χ4n) is 3.83. The lowest BCUT2D eigenvalue weighted by Crippen LogP contribution is -2.49. The van der Waals surface area contributed by atoms with E-state index in [0.717, 1.165) is 21.7 Å². The molecule has 0 aromatic heterocycles. The third-order valence-electron chi connectivity index (χ3n) is 5.44. The first-order valence-electron chi connectivity index (χ1n) is 11.4. The maximum absolute atomic E-state index is 13.3. The van der Waals surface area contributed by atoms with Gasteiger partial charge in [0.05, 0.1) is 11.9 Å². The van der Waals surface area contributed by atoms with E-state index in [4.69, 9.17) is 0 Å². The van der Waals surface area contributed by atoms with Crippen LogP contribution in [0.4, 0.5) is 10.1 Å². The van der Waals surface area contributed by atoms with Gasteiger partial charge in [-0.25, -0.2) is 12.8 Å². The van der Waals surface area contributed by atoms with Crippen LogP contribution in [0.15, 0.2) is 48.5 Å². The molecule has 0 spiro atoms. The molecule has 7 nitrogen and oxygen atoms in total. The monoisotopic (exact) mass is 491 g/mol. The number of aryl methyl sites for hydroxylation is 1. The number of carbonyl (C=O) groups excluding carboxylic acids is 2. The van der Waals surface area contributed by atoms with Crippen LogP contribution in [0, 0.1) is 12.7 Å². The second kappa shape index (κ2) is 12.5. The predicted octanol–water partition coefficient (Wildman–Crippen LogP) is 3.62. The van der Waals surface area contributed by atoms with Gasteiger partial charge in [-0.3, -0.25) is 13.9 Å². The van der Waals surface area contributed by atoms with E-state index in [0.29, 0.717) is 18.7 Å². The summed E-state index contributed by atoms with van der Waals surface area (Å²) >= 11 is 0. The fourth-order valence-corrected chi connectivity index (χ4v) is 4.80. The highest BCUT2D eigenvalue weighted by Crippen LogP contribution is 2.20. The van der Waals surface area contributed by atoms with Crippen molar-refractivity contribution in [2.24, 2.45) is 0 Å². The zero-order chi connectivity index (χ0) is 25.3. The highest BCUT2D eigenvalue weighted by Gasteiger charge is 2.28. The average Bonchev–Trinajstić information content (AvgIpc) is 2.76. The SMILES string of the molecule is CCNC(=O)[C@@H](CC)N(Cc1cccc(C)c1)C(=O)CCCN(c1ccc(F)cc1)S(C)(=O)=O. The van der Waals surface area contributed by atoms with Gasteiger partial charge in [0.15, 0.2) is 0 Å². The first-order valence-corrected chi connectivity index (χ1v) is 13.3. The number of carbonyl (C=O) groups is 2. The second-order valence-electron chi connectivity index (χ2n) is 8.24. The molecule has 0 heterocycles. The van der Waals surface area contributed by atoms with E-state index in [9.17, 15) is 22.4 Å². The number of amides is 2. The molecule has 0 bridgehead atoms. The third-order valence-corrected chi connectivity index (χ3v) is 6.63. The van der Waals surface area contributed by atoms with Gasteiger partial charge in [0, 0.05) is 26.1 Å². The van der Waals surface area contributed by atoms with E-state index < -0.39 is 21.9 Å². The van der Waals surface area contributed by atoms with Crippen molar-refractivity contribution < 1.29 is 22.4 Å². The molecule has 1 N–H and O–H groups in total. The quantitative estimate of drug-likeness (QED) is 0.491. The second-order valence-corrected chi connectivity index (χ2v) is 10.2. The van der Waals surface area contributed by atoms with Crippen molar-refractivity contribution in [3.8, 4) is 0 Å². The average molecular weight is 492 g/mol. The lowest BCUT2D eigenvalue weighted by Gasteiger charge is -2.31. The van der Waals surface area contributed by atoms with Gasteiger partial charge < -0.3 is 10.2 Å². The van der Waals surface area contributed by atoms with Crippen LogP contribution in [0.25, 0.3) is 0 Å². The smallest absolute Gasteiger partial charge is 0.242 e. The van der Waals surface area contributed by atoms with Crippen molar-refractivity contribution in [1.29, 1.82) is 0 Å². The molecule has 0 unspecified atom stereocenters. The number of halogens is 1. The molecule has 9 heteroatoms. The van der Waals surface area contributed by atoms with Crippen molar-refractivity contribution in [1.82, 2.24) is 10.2 Å². The Morgan fingerprint density at radius 2 is 1.76 bits per heavy atom. The first-order chi connectivity index (χ1) is 16.1. The van der Waals surface area contributed by atoms with Crippen LogP contribution in [-0.2, 0) is 26.2 Å². The first kappa shape index (κ1) is 27.3. The molecule has 186 valence electrons. The van der Waals surface area contributed by atoms with Crippen molar-refractivity contribution >= 4 is 27.5 Å². The lowest BCUT2D eigenvalue weighted by molar-refractivity contribution is -0.141. The van der Waals surface area contributed by atoms with Crippen LogP contribution in [-0.4, -0.2) is 50.5 Å². The Balaban J connectivity index is 2.19. The molecule has 1 atom stereocenters. The van der Waals surface area contributed by atoms with Gasteiger partial charge in [0.25, 0.3) is 0 Å². The maximum atomic E-state index is 13.3. The molecule has 2 rings (SSSR count). The Hall–Kier alpha value is -2.94. The lowest BCUT2D eigenvalue weighted by atomic mass is 10.1. The Kier molecular flexibility index (Phi) is 10.0. The number of rotatable bonds is 12. The Morgan fingerprint density at radius 1 is 1.09 bits per heavy atom. The minimum atomic E-state index is -3.62. The molecule has 0 aliphatic rings. The molecule has 0 radical (unpaired) electrons. The molecule has 34 heavy (non-hydrogen) atoms. The molecule has 0 aliphatic heterocycles. The number of nitrogens with zero attached hydrogens (tertiary/aromatic N) is 2. The van der Waals surface area contributed by atoms with Gasteiger partial charge in [0.2, 0.25) is 21.8 Å². The van der Waals surface area contributed by atoms with E-state index >= 15 is 0 Å². The van der Waals surface area contributed by atoms with E-state index in [2.05, 4.69) is 5.32 Å². The minimum absolute atomic E-state index is 0.0619. The molecule has 0 saturated heterocycles. The predicted molar refractivity (Wildman–Crippen MR) is 132 cm³/mol. The zero-order valence-electron chi connectivity index (χ0n) is 20.3. The van der Waals surface area contributed by atoms with Crippen molar-refractivity contribution in [3.63, 3.8) is 0 Å². The molecule has 0 aliphatic carbocycles. The summed E-state index contributed by atoms with van der Waals surface area (Å²) < 4.78 is 39.0. The third kappa shape index (κ3) is 7.83.